The second-order valence-corrected chi connectivity index (χ2v) is 6.61. The third-order valence-corrected chi connectivity index (χ3v) is 5.76. The van der Waals surface area contributed by atoms with Gasteiger partial charge in [-0.05, 0) is 25.0 Å². The molecule has 1 aliphatic carbocycles. The minimum atomic E-state index is 0.699. The standard InChI is InChI=1S/C13H17BrS/c14-12-9-5-2-6-10-13(12)15-11-7-3-1-4-8-11/h1,3-4,7-8,12-13H,2,5-6,9-10H2. The molecule has 0 N–H and O–H groups in total. The van der Waals surface area contributed by atoms with Crippen molar-refractivity contribution in [3.8, 4) is 0 Å². The summed E-state index contributed by atoms with van der Waals surface area (Å²) >= 11 is 5.88. The largest absolute Gasteiger partial charge is 0.122 e. The Hall–Kier alpha value is 0.0500. The zero-order chi connectivity index (χ0) is 10.5. The fourth-order valence-corrected chi connectivity index (χ4v) is 4.18. The molecule has 82 valence electrons. The molecular formula is C13H17BrS. The highest BCUT2D eigenvalue weighted by Gasteiger charge is 2.21. The van der Waals surface area contributed by atoms with Crippen LogP contribution in [-0.2, 0) is 0 Å². The first-order valence-electron chi connectivity index (χ1n) is 5.72. The maximum atomic E-state index is 3.84. The second kappa shape index (κ2) is 5.95. The van der Waals surface area contributed by atoms with Crippen LogP contribution in [0.3, 0.4) is 0 Å². The van der Waals surface area contributed by atoms with Gasteiger partial charge in [-0.3, -0.25) is 0 Å². The van der Waals surface area contributed by atoms with Crippen molar-refractivity contribution < 1.29 is 0 Å². The molecular weight excluding hydrogens is 268 g/mol. The minimum absolute atomic E-state index is 0.699. The number of thioether (sulfide) groups is 1. The molecule has 0 heterocycles. The first-order valence-corrected chi connectivity index (χ1v) is 7.51. The summed E-state index contributed by atoms with van der Waals surface area (Å²) < 4.78 is 0. The fraction of sp³-hybridized carbons (Fsp3) is 0.538. The monoisotopic (exact) mass is 284 g/mol. The van der Waals surface area contributed by atoms with E-state index in [1.807, 2.05) is 11.8 Å². The molecule has 2 rings (SSSR count). The van der Waals surface area contributed by atoms with Crippen molar-refractivity contribution in [1.82, 2.24) is 0 Å². The molecule has 1 fully saturated rings. The van der Waals surface area contributed by atoms with E-state index < -0.39 is 0 Å². The highest BCUT2D eigenvalue weighted by Crippen LogP contribution is 2.36. The van der Waals surface area contributed by atoms with E-state index in [4.69, 9.17) is 0 Å². The van der Waals surface area contributed by atoms with Crippen molar-refractivity contribution in [2.75, 3.05) is 0 Å². The number of hydrogen-bond donors (Lipinski definition) is 0. The van der Waals surface area contributed by atoms with E-state index in [1.54, 1.807) is 0 Å². The van der Waals surface area contributed by atoms with Gasteiger partial charge < -0.3 is 0 Å². The van der Waals surface area contributed by atoms with Gasteiger partial charge in [0.25, 0.3) is 0 Å². The Morgan fingerprint density at radius 1 is 1.00 bits per heavy atom. The molecule has 0 amide bonds. The van der Waals surface area contributed by atoms with Gasteiger partial charge in [0.05, 0.1) is 0 Å². The van der Waals surface area contributed by atoms with E-state index in [2.05, 4.69) is 46.3 Å². The Morgan fingerprint density at radius 3 is 2.53 bits per heavy atom. The lowest BCUT2D eigenvalue weighted by Gasteiger charge is -2.19. The maximum Gasteiger partial charge on any atom is 0.0268 e. The van der Waals surface area contributed by atoms with Crippen molar-refractivity contribution in [3.63, 3.8) is 0 Å². The number of benzene rings is 1. The van der Waals surface area contributed by atoms with E-state index in [9.17, 15) is 0 Å². The quantitative estimate of drug-likeness (QED) is 0.551. The zero-order valence-electron chi connectivity index (χ0n) is 8.86. The lowest BCUT2D eigenvalue weighted by atomic mass is 10.2. The zero-order valence-corrected chi connectivity index (χ0v) is 11.3. The van der Waals surface area contributed by atoms with Crippen molar-refractivity contribution in [3.05, 3.63) is 30.3 Å². The molecule has 0 saturated heterocycles. The Bertz CT molecular complexity index is 286. The van der Waals surface area contributed by atoms with Gasteiger partial charge in [-0.1, -0.05) is 53.4 Å². The van der Waals surface area contributed by atoms with Gasteiger partial charge >= 0.3 is 0 Å². The van der Waals surface area contributed by atoms with Gasteiger partial charge in [-0.2, -0.15) is 0 Å². The van der Waals surface area contributed by atoms with E-state index in [1.165, 1.54) is 37.0 Å². The molecule has 0 radical (unpaired) electrons. The van der Waals surface area contributed by atoms with E-state index in [-0.39, 0.29) is 0 Å². The van der Waals surface area contributed by atoms with E-state index >= 15 is 0 Å². The predicted octanol–water partition coefficient (Wildman–Crippen LogP) is 4.87. The molecule has 1 aromatic carbocycles. The number of hydrogen-bond acceptors (Lipinski definition) is 1. The SMILES string of the molecule is BrC1CCCCCC1Sc1ccccc1. The van der Waals surface area contributed by atoms with Gasteiger partial charge in [0.15, 0.2) is 0 Å². The summed E-state index contributed by atoms with van der Waals surface area (Å²) in [6, 6.07) is 10.8. The molecule has 0 spiro atoms. The van der Waals surface area contributed by atoms with Crippen molar-refractivity contribution in [2.45, 2.75) is 47.1 Å². The summed E-state index contributed by atoms with van der Waals surface area (Å²) in [4.78, 5) is 2.11. The smallest absolute Gasteiger partial charge is 0.0268 e. The Labute approximate surface area is 105 Å². The highest BCUT2D eigenvalue weighted by molar-refractivity contribution is 9.09. The van der Waals surface area contributed by atoms with Gasteiger partial charge in [0.1, 0.15) is 0 Å². The number of halogens is 1. The number of alkyl halides is 1. The van der Waals surface area contributed by atoms with Gasteiger partial charge in [-0.25, -0.2) is 0 Å². The molecule has 2 heteroatoms. The molecule has 0 nitrogen and oxygen atoms in total. The second-order valence-electron chi connectivity index (χ2n) is 4.12. The van der Waals surface area contributed by atoms with Crippen molar-refractivity contribution >= 4 is 27.7 Å². The van der Waals surface area contributed by atoms with Crippen LogP contribution in [0.1, 0.15) is 32.1 Å². The highest BCUT2D eigenvalue weighted by atomic mass is 79.9. The lowest BCUT2D eigenvalue weighted by Crippen LogP contribution is -2.14. The molecule has 2 atom stereocenters. The topological polar surface area (TPSA) is 0 Å². The van der Waals surface area contributed by atoms with Crippen molar-refractivity contribution in [2.24, 2.45) is 0 Å². The molecule has 0 aromatic heterocycles. The summed E-state index contributed by atoms with van der Waals surface area (Å²) in [7, 11) is 0. The normalized spacial score (nSPS) is 27.3. The van der Waals surface area contributed by atoms with Gasteiger partial charge in [0, 0.05) is 15.0 Å². The first-order chi connectivity index (χ1) is 7.36. The summed E-state index contributed by atoms with van der Waals surface area (Å²) in [5.74, 6) is 0. The predicted molar refractivity (Wildman–Crippen MR) is 71.9 cm³/mol. The molecule has 0 aliphatic heterocycles. The average molecular weight is 285 g/mol. The summed E-state index contributed by atoms with van der Waals surface area (Å²) in [6.45, 7) is 0. The molecule has 2 unspecified atom stereocenters. The Balaban J connectivity index is 1.97. The molecule has 15 heavy (non-hydrogen) atoms. The summed E-state index contributed by atoms with van der Waals surface area (Å²) in [5.41, 5.74) is 0. The first kappa shape index (κ1) is 11.5. The molecule has 1 saturated carbocycles. The van der Waals surface area contributed by atoms with Gasteiger partial charge in [-0.15, -0.1) is 11.8 Å². The van der Waals surface area contributed by atoms with Crippen LogP contribution in [0.25, 0.3) is 0 Å². The van der Waals surface area contributed by atoms with Crippen LogP contribution in [0.15, 0.2) is 35.2 Å². The third-order valence-electron chi connectivity index (χ3n) is 2.90. The van der Waals surface area contributed by atoms with Crippen LogP contribution in [-0.4, -0.2) is 10.1 Å². The fourth-order valence-electron chi connectivity index (χ4n) is 2.03. The Kier molecular flexibility index (Phi) is 4.58. The van der Waals surface area contributed by atoms with E-state index in [0.29, 0.717) is 4.83 Å². The minimum Gasteiger partial charge on any atom is -0.122 e. The summed E-state index contributed by atoms with van der Waals surface area (Å²) in [6.07, 6.45) is 6.89. The number of rotatable bonds is 2. The van der Waals surface area contributed by atoms with Gasteiger partial charge in [0.2, 0.25) is 0 Å². The van der Waals surface area contributed by atoms with Crippen LogP contribution < -0.4 is 0 Å². The molecule has 1 aliphatic rings. The van der Waals surface area contributed by atoms with E-state index in [0.717, 1.165) is 5.25 Å². The molecule has 0 bridgehead atoms. The average Bonchev–Trinajstić information content (AvgIpc) is 2.46. The van der Waals surface area contributed by atoms with Crippen LogP contribution in [0.5, 0.6) is 0 Å². The van der Waals surface area contributed by atoms with Crippen LogP contribution >= 0.6 is 27.7 Å². The van der Waals surface area contributed by atoms with Crippen LogP contribution in [0, 0.1) is 0 Å². The maximum absolute atomic E-state index is 3.84. The van der Waals surface area contributed by atoms with Crippen molar-refractivity contribution in [1.29, 1.82) is 0 Å². The third kappa shape index (κ3) is 3.53. The molecule has 1 aromatic rings. The summed E-state index contributed by atoms with van der Waals surface area (Å²) in [5, 5.41) is 0.759. The van der Waals surface area contributed by atoms with Crippen LogP contribution in [0.4, 0.5) is 0 Å². The lowest BCUT2D eigenvalue weighted by molar-refractivity contribution is 0.704. The Morgan fingerprint density at radius 2 is 1.73 bits per heavy atom. The van der Waals surface area contributed by atoms with Crippen LogP contribution in [0.2, 0.25) is 0 Å².